The SMILES string of the molecule is O=C(Nc1ccc(-c2cc(C3CC3)n(C(=O)NCc3ccccc3F)n2)c(O)c1)c1ccno1. The maximum atomic E-state index is 13.9. The number of halogens is 1. The van der Waals surface area contributed by atoms with Crippen LogP contribution in [0.5, 0.6) is 5.75 Å². The van der Waals surface area contributed by atoms with Crippen LogP contribution < -0.4 is 10.6 Å². The van der Waals surface area contributed by atoms with Gasteiger partial charge in [-0.3, -0.25) is 4.79 Å². The number of hydrogen-bond donors (Lipinski definition) is 3. The third-order valence-corrected chi connectivity index (χ3v) is 5.51. The maximum Gasteiger partial charge on any atom is 0.342 e. The molecule has 1 fully saturated rings. The van der Waals surface area contributed by atoms with Crippen molar-refractivity contribution in [3.63, 3.8) is 0 Å². The van der Waals surface area contributed by atoms with Crippen molar-refractivity contribution in [2.24, 2.45) is 0 Å². The van der Waals surface area contributed by atoms with E-state index in [-0.39, 0.29) is 24.0 Å². The molecule has 0 unspecified atom stereocenters. The van der Waals surface area contributed by atoms with Gasteiger partial charge in [-0.2, -0.15) is 9.78 Å². The lowest BCUT2D eigenvalue weighted by Crippen LogP contribution is -2.30. The van der Waals surface area contributed by atoms with Gasteiger partial charge in [0.25, 0.3) is 5.91 Å². The number of benzene rings is 2. The zero-order chi connectivity index (χ0) is 23.7. The Bertz CT molecular complexity index is 1360. The first-order valence-electron chi connectivity index (χ1n) is 10.7. The number of nitrogens with one attached hydrogen (secondary N) is 2. The lowest BCUT2D eigenvalue weighted by molar-refractivity contribution is 0.0988. The number of carbonyl (C=O) groups is 2. The summed E-state index contributed by atoms with van der Waals surface area (Å²) in [4.78, 5) is 25.0. The van der Waals surface area contributed by atoms with Crippen LogP contribution in [-0.2, 0) is 6.54 Å². The van der Waals surface area contributed by atoms with Crippen LogP contribution >= 0.6 is 0 Å². The highest BCUT2D eigenvalue weighted by atomic mass is 19.1. The molecule has 0 bridgehead atoms. The average molecular weight is 461 g/mol. The van der Waals surface area contributed by atoms with E-state index in [0.717, 1.165) is 18.5 Å². The third kappa shape index (κ3) is 4.38. The van der Waals surface area contributed by atoms with E-state index in [9.17, 15) is 19.1 Å². The molecule has 0 saturated heterocycles. The van der Waals surface area contributed by atoms with Crippen LogP contribution in [0, 0.1) is 5.82 Å². The van der Waals surface area contributed by atoms with Gasteiger partial charge in [0.05, 0.1) is 17.6 Å². The number of carbonyl (C=O) groups excluding carboxylic acids is 2. The molecule has 172 valence electrons. The van der Waals surface area contributed by atoms with Gasteiger partial charge in [0.1, 0.15) is 11.6 Å². The second-order valence-corrected chi connectivity index (χ2v) is 7.95. The molecule has 34 heavy (non-hydrogen) atoms. The van der Waals surface area contributed by atoms with Gasteiger partial charge in [0.2, 0.25) is 5.76 Å². The smallest absolute Gasteiger partial charge is 0.342 e. The van der Waals surface area contributed by atoms with Gasteiger partial charge in [-0.1, -0.05) is 23.4 Å². The summed E-state index contributed by atoms with van der Waals surface area (Å²) in [6.07, 6.45) is 3.23. The Morgan fingerprint density at radius 1 is 1.15 bits per heavy atom. The molecule has 10 heteroatoms. The number of nitrogens with zero attached hydrogens (tertiary/aromatic N) is 3. The molecule has 2 aromatic carbocycles. The largest absolute Gasteiger partial charge is 0.507 e. The third-order valence-electron chi connectivity index (χ3n) is 5.51. The summed E-state index contributed by atoms with van der Waals surface area (Å²) in [5.74, 6) is -0.779. The van der Waals surface area contributed by atoms with E-state index in [0.29, 0.717) is 22.5 Å². The number of phenols is 1. The van der Waals surface area contributed by atoms with E-state index in [4.69, 9.17) is 4.52 Å². The highest BCUT2D eigenvalue weighted by molar-refractivity contribution is 6.02. The van der Waals surface area contributed by atoms with Gasteiger partial charge in [0.15, 0.2) is 0 Å². The van der Waals surface area contributed by atoms with Crippen LogP contribution in [0.4, 0.5) is 14.9 Å². The van der Waals surface area contributed by atoms with Gasteiger partial charge in [-0.05, 0) is 37.1 Å². The number of aromatic hydroxyl groups is 1. The lowest BCUT2D eigenvalue weighted by atomic mass is 10.1. The molecule has 2 heterocycles. The van der Waals surface area contributed by atoms with Crippen molar-refractivity contribution >= 4 is 17.6 Å². The van der Waals surface area contributed by atoms with Crippen LogP contribution in [0.25, 0.3) is 11.3 Å². The number of anilines is 1. The summed E-state index contributed by atoms with van der Waals surface area (Å²) >= 11 is 0. The Hall–Kier alpha value is -4.47. The Balaban J connectivity index is 1.36. The van der Waals surface area contributed by atoms with Crippen LogP contribution in [-0.4, -0.2) is 32.0 Å². The Morgan fingerprint density at radius 2 is 1.97 bits per heavy atom. The fourth-order valence-electron chi connectivity index (χ4n) is 3.60. The molecule has 2 amide bonds. The van der Waals surface area contributed by atoms with Crippen molar-refractivity contribution in [1.29, 1.82) is 0 Å². The predicted molar refractivity (Wildman–Crippen MR) is 120 cm³/mol. The monoisotopic (exact) mass is 461 g/mol. The first-order valence-corrected chi connectivity index (χ1v) is 10.7. The van der Waals surface area contributed by atoms with E-state index < -0.39 is 17.8 Å². The Labute approximate surface area is 193 Å². The first kappa shape index (κ1) is 21.4. The number of aromatic nitrogens is 3. The minimum atomic E-state index is -0.503. The van der Waals surface area contributed by atoms with Gasteiger partial charge in [-0.15, -0.1) is 0 Å². The summed E-state index contributed by atoms with van der Waals surface area (Å²) in [5.41, 5.74) is 2.26. The Kier molecular flexibility index (Phi) is 5.54. The fraction of sp³-hybridized carbons (Fsp3) is 0.167. The first-order chi connectivity index (χ1) is 16.5. The molecule has 0 aliphatic heterocycles. The molecular formula is C24H20FN5O4. The van der Waals surface area contributed by atoms with E-state index in [1.54, 1.807) is 36.4 Å². The summed E-state index contributed by atoms with van der Waals surface area (Å²) in [6.45, 7) is 0.0235. The minimum absolute atomic E-state index is 0.0235. The molecule has 0 radical (unpaired) electrons. The molecule has 5 rings (SSSR count). The standard InChI is InChI=1S/C24H20FN5O4/c25-18-4-2-1-3-15(18)13-26-24(33)30-20(14-5-6-14)12-19(29-30)17-8-7-16(11-21(17)31)28-23(32)22-9-10-27-34-22/h1-4,7-12,14,31H,5-6,13H2,(H,26,33)(H,28,32). The molecule has 2 aromatic heterocycles. The van der Waals surface area contributed by atoms with E-state index in [1.807, 2.05) is 0 Å². The molecule has 4 aromatic rings. The second kappa shape index (κ2) is 8.81. The highest BCUT2D eigenvalue weighted by Gasteiger charge is 2.31. The summed E-state index contributed by atoms with van der Waals surface area (Å²) in [6, 6.07) is 13.5. The summed E-state index contributed by atoms with van der Waals surface area (Å²) in [5, 5.41) is 23.8. The van der Waals surface area contributed by atoms with Crippen molar-refractivity contribution in [2.45, 2.75) is 25.3 Å². The highest BCUT2D eigenvalue weighted by Crippen LogP contribution is 2.42. The average Bonchev–Trinajstić information content (AvgIpc) is 3.33. The second-order valence-electron chi connectivity index (χ2n) is 7.95. The van der Waals surface area contributed by atoms with Crippen LogP contribution in [0.2, 0.25) is 0 Å². The molecule has 1 aliphatic rings. The number of rotatable bonds is 6. The van der Waals surface area contributed by atoms with Gasteiger partial charge in [0, 0.05) is 41.4 Å². The van der Waals surface area contributed by atoms with Crippen molar-refractivity contribution in [3.8, 4) is 17.0 Å². The van der Waals surface area contributed by atoms with Crippen molar-refractivity contribution in [1.82, 2.24) is 20.3 Å². The Morgan fingerprint density at radius 3 is 2.68 bits per heavy atom. The van der Waals surface area contributed by atoms with Crippen molar-refractivity contribution in [3.05, 3.63) is 83.6 Å². The van der Waals surface area contributed by atoms with Gasteiger partial charge >= 0.3 is 6.03 Å². The molecule has 3 N–H and O–H groups in total. The summed E-state index contributed by atoms with van der Waals surface area (Å²) < 4.78 is 20.0. The number of phenolic OH excluding ortho intramolecular Hbond substituents is 1. The van der Waals surface area contributed by atoms with Gasteiger partial charge < -0.3 is 20.3 Å². The van der Waals surface area contributed by atoms with Crippen molar-refractivity contribution < 1.29 is 23.6 Å². The normalized spacial score (nSPS) is 13.0. The predicted octanol–water partition coefficient (Wildman–Crippen LogP) is 4.27. The van der Waals surface area contributed by atoms with Crippen LogP contribution in [0.1, 0.15) is 40.6 Å². The molecule has 0 atom stereocenters. The van der Waals surface area contributed by atoms with E-state index in [2.05, 4.69) is 20.9 Å². The maximum absolute atomic E-state index is 13.9. The quantitative estimate of drug-likeness (QED) is 0.394. The molecule has 1 aliphatic carbocycles. The zero-order valence-electron chi connectivity index (χ0n) is 17.9. The van der Waals surface area contributed by atoms with E-state index >= 15 is 0 Å². The topological polar surface area (TPSA) is 122 Å². The van der Waals surface area contributed by atoms with Crippen LogP contribution in [0.3, 0.4) is 0 Å². The molecule has 0 spiro atoms. The van der Waals surface area contributed by atoms with Gasteiger partial charge in [-0.25, -0.2) is 9.18 Å². The number of amides is 2. The summed E-state index contributed by atoms with van der Waals surface area (Å²) in [7, 11) is 0. The van der Waals surface area contributed by atoms with E-state index in [1.165, 1.54) is 29.1 Å². The zero-order valence-corrected chi connectivity index (χ0v) is 17.9. The van der Waals surface area contributed by atoms with Crippen molar-refractivity contribution in [2.75, 3.05) is 5.32 Å². The minimum Gasteiger partial charge on any atom is -0.507 e. The molecule has 1 saturated carbocycles. The lowest BCUT2D eigenvalue weighted by Gasteiger charge is -2.08. The molecule has 9 nitrogen and oxygen atoms in total. The number of hydrogen-bond acceptors (Lipinski definition) is 6. The molecular weight excluding hydrogens is 441 g/mol. The fourth-order valence-corrected chi connectivity index (χ4v) is 3.60. The van der Waals surface area contributed by atoms with Crippen LogP contribution in [0.15, 0.2) is 65.3 Å².